The van der Waals surface area contributed by atoms with Gasteiger partial charge in [0.2, 0.25) is 0 Å². The fourth-order valence-electron chi connectivity index (χ4n) is 3.12. The molecule has 2 aliphatic heterocycles. The van der Waals surface area contributed by atoms with Crippen LogP contribution in [-0.2, 0) is 13.2 Å². The van der Waals surface area contributed by atoms with Gasteiger partial charge in [0, 0.05) is 26.2 Å². The first-order valence-electron chi connectivity index (χ1n) is 7.90. The van der Waals surface area contributed by atoms with Crippen LogP contribution in [-0.4, -0.2) is 39.6 Å². The molecule has 0 unspecified atom stereocenters. The van der Waals surface area contributed by atoms with E-state index in [-0.39, 0.29) is 12.2 Å². The second-order valence-corrected chi connectivity index (χ2v) is 6.23. The van der Waals surface area contributed by atoms with E-state index in [0.29, 0.717) is 24.5 Å². The van der Waals surface area contributed by atoms with E-state index in [1.54, 1.807) is 12.1 Å². The molecule has 2 aromatic rings. The highest BCUT2D eigenvalue weighted by molar-refractivity contribution is 5.90. The lowest BCUT2D eigenvalue weighted by Gasteiger charge is -2.23. The summed E-state index contributed by atoms with van der Waals surface area (Å²) in [5, 5.41) is 5.65. The minimum Gasteiger partial charge on any atom is -0.447 e. The molecular weight excluding hydrogens is 353 g/mol. The predicted octanol–water partition coefficient (Wildman–Crippen LogP) is 2.84. The second kappa shape index (κ2) is 5.55. The number of anilines is 1. The van der Waals surface area contributed by atoms with E-state index < -0.39 is 23.7 Å². The molecule has 10 heteroatoms. The van der Waals surface area contributed by atoms with Crippen LogP contribution in [0.25, 0.3) is 0 Å². The number of carbonyl (C=O) groups excluding carboxylic acids is 1. The van der Waals surface area contributed by atoms with Crippen LogP contribution in [0, 0.1) is 0 Å². The third-order valence-electron chi connectivity index (χ3n) is 4.26. The van der Waals surface area contributed by atoms with Gasteiger partial charge in [-0.3, -0.25) is 4.68 Å². The number of hydrogen-bond acceptors (Lipinski definition) is 4. The molecule has 7 nitrogen and oxygen atoms in total. The van der Waals surface area contributed by atoms with E-state index in [0.717, 1.165) is 10.9 Å². The fourth-order valence-corrected chi connectivity index (χ4v) is 3.12. The molecule has 1 aromatic heterocycles. The monoisotopic (exact) mass is 368 g/mol. The van der Waals surface area contributed by atoms with Crippen molar-refractivity contribution in [1.82, 2.24) is 14.7 Å². The molecule has 0 bridgehead atoms. The lowest BCUT2D eigenvalue weighted by Crippen LogP contribution is -2.43. The van der Waals surface area contributed by atoms with E-state index in [4.69, 9.17) is 9.47 Å². The van der Waals surface area contributed by atoms with Crippen LogP contribution < -0.4 is 14.8 Å². The number of ether oxygens (including phenoxy) is 2. The van der Waals surface area contributed by atoms with Crippen LogP contribution in [0.15, 0.2) is 30.5 Å². The van der Waals surface area contributed by atoms with E-state index in [9.17, 15) is 18.0 Å². The Morgan fingerprint density at radius 2 is 1.92 bits per heavy atom. The maximum Gasteiger partial charge on any atom is 0.437 e. The number of alkyl halides is 3. The molecule has 1 spiro atoms. The Labute approximate surface area is 146 Å². The number of hydrogen-bond donors (Lipinski definition) is 1. The maximum absolute atomic E-state index is 13.0. The van der Waals surface area contributed by atoms with Crippen molar-refractivity contribution in [3.8, 4) is 11.5 Å². The third kappa shape index (κ3) is 2.80. The normalized spacial score (nSPS) is 17.8. The minimum absolute atomic E-state index is 0.106. The minimum atomic E-state index is -4.66. The number of rotatable bonds is 1. The molecule has 2 aliphatic rings. The standard InChI is InChI=1S/C16H15F3N4O3/c1-22-8-10(13(21-22)16(17,18)19)20-14(24)23-7-6-15(9-23)25-11-4-2-3-5-12(11)26-15/h2-5,8H,6-7,9H2,1H3,(H,20,24). The summed E-state index contributed by atoms with van der Waals surface area (Å²) in [6, 6.07) is 6.48. The summed E-state index contributed by atoms with van der Waals surface area (Å²) in [6.07, 6.45) is -3.13. The third-order valence-corrected chi connectivity index (χ3v) is 4.26. The Hall–Kier alpha value is -2.91. The van der Waals surface area contributed by atoms with E-state index in [1.807, 2.05) is 12.1 Å². The van der Waals surface area contributed by atoms with Gasteiger partial charge in [0.1, 0.15) is 0 Å². The molecule has 1 N–H and O–H groups in total. The fraction of sp³-hybridized carbons (Fsp3) is 0.375. The molecule has 2 amide bonds. The van der Waals surface area contributed by atoms with Gasteiger partial charge in [-0.15, -0.1) is 0 Å². The van der Waals surface area contributed by atoms with E-state index >= 15 is 0 Å². The average Bonchev–Trinajstić information content (AvgIpc) is 3.23. The number of likely N-dealkylation sites (tertiary alicyclic amines) is 1. The summed E-state index contributed by atoms with van der Waals surface area (Å²) in [5.74, 6) is 0.172. The van der Waals surface area contributed by atoms with Gasteiger partial charge in [0.05, 0.1) is 12.2 Å². The van der Waals surface area contributed by atoms with E-state index in [2.05, 4.69) is 10.4 Å². The average molecular weight is 368 g/mol. The Morgan fingerprint density at radius 1 is 1.27 bits per heavy atom. The van der Waals surface area contributed by atoms with Crippen molar-refractivity contribution in [2.24, 2.45) is 7.05 Å². The molecule has 0 aliphatic carbocycles. The Kier molecular flexibility index (Phi) is 3.53. The zero-order chi connectivity index (χ0) is 18.5. The van der Waals surface area contributed by atoms with Gasteiger partial charge in [-0.25, -0.2) is 4.79 Å². The number of nitrogens with one attached hydrogen (secondary N) is 1. The molecule has 1 aromatic carbocycles. The molecule has 26 heavy (non-hydrogen) atoms. The number of para-hydroxylation sites is 2. The summed E-state index contributed by atoms with van der Waals surface area (Å²) >= 11 is 0. The SMILES string of the molecule is Cn1cc(NC(=O)N2CCC3(C2)Oc2ccccc2O3)c(C(F)(F)F)n1. The molecule has 0 radical (unpaired) electrons. The molecule has 4 rings (SSSR count). The van der Waals surface area contributed by atoms with E-state index in [1.165, 1.54) is 11.9 Å². The largest absolute Gasteiger partial charge is 0.447 e. The molecule has 1 fully saturated rings. The van der Waals surface area contributed by atoms with Crippen molar-refractivity contribution in [1.29, 1.82) is 0 Å². The smallest absolute Gasteiger partial charge is 0.437 e. The van der Waals surface area contributed by atoms with Crippen molar-refractivity contribution in [3.63, 3.8) is 0 Å². The highest BCUT2D eigenvalue weighted by atomic mass is 19.4. The van der Waals surface area contributed by atoms with Gasteiger partial charge in [-0.1, -0.05) is 12.1 Å². The van der Waals surface area contributed by atoms with Gasteiger partial charge < -0.3 is 19.7 Å². The Morgan fingerprint density at radius 3 is 2.54 bits per heavy atom. The number of aryl methyl sites for hydroxylation is 1. The summed E-state index contributed by atoms with van der Waals surface area (Å²) in [5.41, 5.74) is -1.52. The van der Waals surface area contributed by atoms with Gasteiger partial charge in [-0.05, 0) is 12.1 Å². The van der Waals surface area contributed by atoms with Crippen LogP contribution in [0.3, 0.4) is 0 Å². The number of fused-ring (bicyclic) bond motifs is 1. The van der Waals surface area contributed by atoms with Crippen LogP contribution >= 0.6 is 0 Å². The first kappa shape index (κ1) is 16.6. The zero-order valence-electron chi connectivity index (χ0n) is 13.7. The number of halogens is 3. The van der Waals surface area contributed by atoms with Crippen molar-refractivity contribution in [2.45, 2.75) is 18.4 Å². The molecule has 0 atom stereocenters. The first-order chi connectivity index (χ1) is 12.3. The molecule has 1 saturated heterocycles. The van der Waals surface area contributed by atoms with Gasteiger partial charge in [-0.2, -0.15) is 18.3 Å². The second-order valence-electron chi connectivity index (χ2n) is 6.23. The number of aromatic nitrogens is 2. The number of urea groups is 1. The lowest BCUT2D eigenvalue weighted by molar-refractivity contribution is -0.140. The highest BCUT2D eigenvalue weighted by Gasteiger charge is 2.49. The molecular formula is C16H15F3N4O3. The number of benzene rings is 1. The topological polar surface area (TPSA) is 68.6 Å². The summed E-state index contributed by atoms with van der Waals surface area (Å²) in [7, 11) is 1.35. The van der Waals surface area contributed by atoms with Gasteiger partial charge in [0.15, 0.2) is 17.2 Å². The van der Waals surface area contributed by atoms with Gasteiger partial charge in [0.25, 0.3) is 5.79 Å². The molecule has 0 saturated carbocycles. The summed E-state index contributed by atoms with van der Waals surface area (Å²) < 4.78 is 51.7. The van der Waals surface area contributed by atoms with Crippen molar-refractivity contribution in [3.05, 3.63) is 36.2 Å². The van der Waals surface area contributed by atoms with Crippen molar-refractivity contribution < 1.29 is 27.4 Å². The Balaban J connectivity index is 1.47. The van der Waals surface area contributed by atoms with Crippen LogP contribution in [0.4, 0.5) is 23.7 Å². The maximum atomic E-state index is 13.0. The highest BCUT2D eigenvalue weighted by Crippen LogP contribution is 2.43. The zero-order valence-corrected chi connectivity index (χ0v) is 13.7. The Bertz CT molecular complexity index is 840. The van der Waals surface area contributed by atoms with Crippen molar-refractivity contribution in [2.75, 3.05) is 18.4 Å². The number of carbonyl (C=O) groups is 1. The summed E-state index contributed by atoms with van der Waals surface area (Å²) in [4.78, 5) is 13.8. The predicted molar refractivity (Wildman–Crippen MR) is 83.8 cm³/mol. The van der Waals surface area contributed by atoms with Crippen LogP contribution in [0.2, 0.25) is 0 Å². The number of nitrogens with zero attached hydrogens (tertiary/aromatic N) is 3. The van der Waals surface area contributed by atoms with Crippen molar-refractivity contribution >= 4 is 11.7 Å². The van der Waals surface area contributed by atoms with Crippen LogP contribution in [0.1, 0.15) is 12.1 Å². The van der Waals surface area contributed by atoms with Gasteiger partial charge >= 0.3 is 12.2 Å². The molecule has 3 heterocycles. The first-order valence-corrected chi connectivity index (χ1v) is 7.90. The summed E-state index contributed by atoms with van der Waals surface area (Å²) in [6.45, 7) is 0.399. The number of amides is 2. The van der Waals surface area contributed by atoms with Crippen LogP contribution in [0.5, 0.6) is 11.5 Å². The lowest BCUT2D eigenvalue weighted by atomic mass is 10.2. The molecule has 138 valence electrons. The quantitative estimate of drug-likeness (QED) is 0.841.